The van der Waals surface area contributed by atoms with Crippen molar-refractivity contribution in [1.29, 1.82) is 0 Å². The van der Waals surface area contributed by atoms with E-state index < -0.39 is 15.8 Å². The molecule has 0 unspecified atom stereocenters. The van der Waals surface area contributed by atoms with Gasteiger partial charge in [0.2, 0.25) is 0 Å². The maximum Gasteiger partial charge on any atom is 0.261 e. The molecular formula is C21H23FN2O3S. The van der Waals surface area contributed by atoms with Crippen molar-refractivity contribution in [2.75, 3.05) is 11.3 Å². The Labute approximate surface area is 164 Å². The van der Waals surface area contributed by atoms with Gasteiger partial charge in [-0.1, -0.05) is 17.7 Å². The molecule has 0 aromatic heterocycles. The quantitative estimate of drug-likeness (QED) is 0.680. The zero-order valence-electron chi connectivity index (χ0n) is 15.4. The summed E-state index contributed by atoms with van der Waals surface area (Å²) in [6, 6.07) is 10.9. The minimum Gasteiger partial charge on any atom is -0.352 e. The van der Waals surface area contributed by atoms with Crippen LogP contribution < -0.4 is 10.0 Å². The van der Waals surface area contributed by atoms with Gasteiger partial charge in [0.1, 0.15) is 5.82 Å². The molecule has 0 aliphatic heterocycles. The van der Waals surface area contributed by atoms with E-state index in [1.807, 2.05) is 0 Å². The Bertz CT molecular complexity index is 969. The normalized spacial score (nSPS) is 14.2. The highest BCUT2D eigenvalue weighted by molar-refractivity contribution is 7.92. The van der Waals surface area contributed by atoms with Crippen molar-refractivity contribution in [3.8, 4) is 0 Å². The number of carbonyl (C=O) groups is 1. The van der Waals surface area contributed by atoms with Gasteiger partial charge in [0.05, 0.1) is 4.90 Å². The fourth-order valence-electron chi connectivity index (χ4n) is 3.11. The minimum absolute atomic E-state index is 0.0283. The number of rotatable bonds is 7. The third kappa shape index (κ3) is 5.42. The van der Waals surface area contributed by atoms with Crippen molar-refractivity contribution >= 4 is 21.6 Å². The summed E-state index contributed by atoms with van der Waals surface area (Å²) in [5.74, 6) is -0.763. The number of benzene rings is 2. The van der Waals surface area contributed by atoms with Crippen molar-refractivity contribution < 1.29 is 17.6 Å². The van der Waals surface area contributed by atoms with Crippen molar-refractivity contribution in [1.82, 2.24) is 5.32 Å². The molecule has 0 fully saturated rings. The Balaban J connectivity index is 1.64. The van der Waals surface area contributed by atoms with Crippen LogP contribution in [0.1, 0.15) is 42.5 Å². The second-order valence-corrected chi connectivity index (χ2v) is 8.44. The minimum atomic E-state index is -3.88. The standard InChI is InChI=1S/C21H23FN2O3S/c22-18-9-11-19(12-10-18)24-28(26,27)20-8-4-7-17(15-20)21(25)23-14-13-16-5-2-1-3-6-16/h4-5,7-12,15,24H,1-3,6,13-14H2,(H,23,25). The highest BCUT2D eigenvalue weighted by atomic mass is 32.2. The van der Waals surface area contributed by atoms with E-state index in [1.165, 1.54) is 60.9 Å². The lowest BCUT2D eigenvalue weighted by atomic mass is 9.97. The van der Waals surface area contributed by atoms with Crippen LogP contribution >= 0.6 is 0 Å². The van der Waals surface area contributed by atoms with Crippen LogP contribution in [0, 0.1) is 5.82 Å². The topological polar surface area (TPSA) is 75.3 Å². The first-order chi connectivity index (χ1) is 13.4. The number of sulfonamides is 1. The van der Waals surface area contributed by atoms with E-state index in [0.29, 0.717) is 6.54 Å². The van der Waals surface area contributed by atoms with E-state index in [9.17, 15) is 17.6 Å². The van der Waals surface area contributed by atoms with Gasteiger partial charge in [0.15, 0.2) is 0 Å². The molecule has 28 heavy (non-hydrogen) atoms. The van der Waals surface area contributed by atoms with Crippen LogP contribution in [0.15, 0.2) is 65.1 Å². The van der Waals surface area contributed by atoms with Crippen LogP contribution in [0.3, 0.4) is 0 Å². The van der Waals surface area contributed by atoms with Crippen molar-refractivity contribution in [2.24, 2.45) is 0 Å². The molecule has 148 valence electrons. The largest absolute Gasteiger partial charge is 0.352 e. The summed E-state index contributed by atoms with van der Waals surface area (Å²) in [5, 5.41) is 2.84. The molecule has 1 aliphatic rings. The lowest BCUT2D eigenvalue weighted by molar-refractivity contribution is 0.0954. The van der Waals surface area contributed by atoms with Gasteiger partial charge < -0.3 is 5.32 Å². The van der Waals surface area contributed by atoms with Gasteiger partial charge in [0.25, 0.3) is 15.9 Å². The summed E-state index contributed by atoms with van der Waals surface area (Å²) in [6.07, 6.45) is 7.66. The molecule has 0 saturated heterocycles. The molecule has 0 saturated carbocycles. The molecule has 0 bridgehead atoms. The Morgan fingerprint density at radius 3 is 2.57 bits per heavy atom. The van der Waals surface area contributed by atoms with Gasteiger partial charge in [-0.25, -0.2) is 12.8 Å². The maximum absolute atomic E-state index is 13.0. The smallest absolute Gasteiger partial charge is 0.261 e. The van der Waals surface area contributed by atoms with Crippen molar-refractivity contribution in [2.45, 2.75) is 37.0 Å². The van der Waals surface area contributed by atoms with E-state index >= 15 is 0 Å². The van der Waals surface area contributed by atoms with Gasteiger partial charge in [-0.2, -0.15) is 0 Å². The van der Waals surface area contributed by atoms with E-state index in [4.69, 9.17) is 0 Å². The summed E-state index contributed by atoms with van der Waals surface area (Å²) in [5.41, 5.74) is 1.89. The summed E-state index contributed by atoms with van der Waals surface area (Å²) in [4.78, 5) is 12.3. The first kappa shape index (κ1) is 20.1. The van der Waals surface area contributed by atoms with Crippen molar-refractivity contribution in [3.63, 3.8) is 0 Å². The molecule has 2 aromatic rings. The van der Waals surface area contributed by atoms with Gasteiger partial charge >= 0.3 is 0 Å². The maximum atomic E-state index is 13.0. The average molecular weight is 402 g/mol. The van der Waals surface area contributed by atoms with Gasteiger partial charge in [-0.15, -0.1) is 0 Å². The molecular weight excluding hydrogens is 379 g/mol. The molecule has 1 amide bonds. The van der Waals surface area contributed by atoms with Gasteiger partial charge in [-0.3, -0.25) is 9.52 Å². The van der Waals surface area contributed by atoms with E-state index in [0.717, 1.165) is 19.3 Å². The number of amides is 1. The summed E-state index contributed by atoms with van der Waals surface area (Å²) >= 11 is 0. The van der Waals surface area contributed by atoms with Gasteiger partial charge in [0, 0.05) is 17.8 Å². The monoisotopic (exact) mass is 402 g/mol. The molecule has 5 nitrogen and oxygen atoms in total. The third-order valence-corrected chi connectivity index (χ3v) is 6.00. The Kier molecular flexibility index (Phi) is 6.46. The predicted molar refractivity (Wildman–Crippen MR) is 107 cm³/mol. The molecule has 0 heterocycles. The number of hydrogen-bond donors (Lipinski definition) is 2. The molecule has 0 atom stereocenters. The van der Waals surface area contributed by atoms with Crippen molar-refractivity contribution in [3.05, 3.63) is 71.6 Å². The lowest BCUT2D eigenvalue weighted by Crippen LogP contribution is -2.25. The van der Waals surface area contributed by atoms with Crippen LogP contribution in [0.5, 0.6) is 0 Å². The molecule has 3 rings (SSSR count). The molecule has 1 aliphatic carbocycles. The third-order valence-electron chi connectivity index (χ3n) is 4.62. The zero-order chi connectivity index (χ0) is 20.0. The number of allylic oxidation sites excluding steroid dienone is 1. The Hall–Kier alpha value is -2.67. The number of nitrogens with one attached hydrogen (secondary N) is 2. The van der Waals surface area contributed by atoms with Crippen LogP contribution in [0.25, 0.3) is 0 Å². The summed E-state index contributed by atoms with van der Waals surface area (Å²) in [7, 11) is -3.88. The molecule has 0 spiro atoms. The average Bonchev–Trinajstić information content (AvgIpc) is 2.70. The molecule has 2 N–H and O–H groups in total. The Morgan fingerprint density at radius 2 is 1.86 bits per heavy atom. The second kappa shape index (κ2) is 9.01. The number of halogens is 1. The summed E-state index contributed by atoms with van der Waals surface area (Å²) in [6.45, 7) is 0.523. The summed E-state index contributed by atoms with van der Waals surface area (Å²) < 4.78 is 40.4. The van der Waals surface area contributed by atoms with E-state index in [2.05, 4.69) is 16.1 Å². The fourth-order valence-corrected chi connectivity index (χ4v) is 4.21. The number of anilines is 1. The SMILES string of the molecule is O=C(NCCC1=CCCCC1)c1cccc(S(=O)(=O)Nc2ccc(F)cc2)c1. The van der Waals surface area contributed by atoms with Crippen LogP contribution in [0.2, 0.25) is 0 Å². The molecule has 2 aromatic carbocycles. The number of carbonyl (C=O) groups excluding carboxylic acids is 1. The first-order valence-electron chi connectivity index (χ1n) is 9.29. The predicted octanol–water partition coefficient (Wildman–Crippen LogP) is 4.25. The zero-order valence-corrected chi connectivity index (χ0v) is 16.3. The Morgan fingerprint density at radius 1 is 1.07 bits per heavy atom. The van der Waals surface area contributed by atoms with Crippen LogP contribution in [-0.4, -0.2) is 20.9 Å². The van der Waals surface area contributed by atoms with E-state index in [-0.39, 0.29) is 22.1 Å². The second-order valence-electron chi connectivity index (χ2n) is 6.75. The van der Waals surface area contributed by atoms with Gasteiger partial charge in [-0.05, 0) is 74.6 Å². The van der Waals surface area contributed by atoms with Crippen LogP contribution in [-0.2, 0) is 10.0 Å². The lowest BCUT2D eigenvalue weighted by Gasteiger charge is -2.13. The first-order valence-corrected chi connectivity index (χ1v) is 10.8. The molecule has 0 radical (unpaired) electrons. The molecule has 7 heteroatoms. The highest BCUT2D eigenvalue weighted by Crippen LogP contribution is 2.20. The van der Waals surface area contributed by atoms with Crippen LogP contribution in [0.4, 0.5) is 10.1 Å². The fraction of sp³-hybridized carbons (Fsp3) is 0.286. The number of hydrogen-bond acceptors (Lipinski definition) is 3. The highest BCUT2D eigenvalue weighted by Gasteiger charge is 2.16. The van der Waals surface area contributed by atoms with E-state index in [1.54, 1.807) is 6.07 Å².